The van der Waals surface area contributed by atoms with E-state index in [1.807, 2.05) is 0 Å². The molecule has 0 aromatic heterocycles. The van der Waals surface area contributed by atoms with Crippen LogP contribution < -0.4 is 10.6 Å². The summed E-state index contributed by atoms with van der Waals surface area (Å²) in [5.41, 5.74) is -0.823. The lowest BCUT2D eigenvalue weighted by Crippen LogP contribution is -2.53. The minimum absolute atomic E-state index is 0. The minimum atomic E-state index is -3.63. The van der Waals surface area contributed by atoms with Crippen molar-refractivity contribution in [1.29, 1.82) is 5.26 Å². The molecule has 1 aromatic carbocycles. The maximum atomic E-state index is 12.8. The molecule has 1 amide bonds. The van der Waals surface area contributed by atoms with Gasteiger partial charge in [-0.1, -0.05) is 43.0 Å². The van der Waals surface area contributed by atoms with E-state index in [1.54, 1.807) is 18.2 Å². The topological polar surface area (TPSA) is 99.1 Å². The van der Waals surface area contributed by atoms with Gasteiger partial charge in [0.25, 0.3) is 0 Å². The Morgan fingerprint density at radius 2 is 1.93 bits per heavy atom. The van der Waals surface area contributed by atoms with Crippen molar-refractivity contribution in [3.8, 4) is 6.07 Å². The summed E-state index contributed by atoms with van der Waals surface area (Å²) in [4.78, 5) is 12.7. The van der Waals surface area contributed by atoms with E-state index in [4.69, 9.17) is 11.6 Å². The van der Waals surface area contributed by atoms with Crippen molar-refractivity contribution in [2.24, 2.45) is 0 Å². The zero-order valence-corrected chi connectivity index (χ0v) is 17.2. The van der Waals surface area contributed by atoms with Crippen molar-refractivity contribution in [2.75, 3.05) is 6.54 Å². The third-order valence-electron chi connectivity index (χ3n) is 5.27. The summed E-state index contributed by atoms with van der Waals surface area (Å²) in [6.45, 7) is 0.186. The molecule has 0 bridgehead atoms. The van der Waals surface area contributed by atoms with Crippen LogP contribution in [0.5, 0.6) is 0 Å². The molecule has 1 saturated heterocycles. The molecule has 2 atom stereocenters. The Bertz CT molecular complexity index is 832. The van der Waals surface area contributed by atoms with Gasteiger partial charge in [0.15, 0.2) is 9.84 Å². The number of nitrogens with zero attached hydrogens (tertiary/aromatic N) is 1. The van der Waals surface area contributed by atoms with Gasteiger partial charge in [0.1, 0.15) is 5.54 Å². The van der Waals surface area contributed by atoms with Gasteiger partial charge in [-0.2, -0.15) is 5.26 Å². The highest BCUT2D eigenvalue weighted by molar-refractivity contribution is 7.92. The third-order valence-corrected chi connectivity index (χ3v) is 7.92. The average Bonchev–Trinajstić information content (AvgIpc) is 3.14. The number of hydrogen-bond acceptors (Lipinski definition) is 5. The lowest BCUT2D eigenvalue weighted by atomic mass is 9.82. The van der Waals surface area contributed by atoms with Crippen molar-refractivity contribution >= 4 is 39.8 Å². The average molecular weight is 432 g/mol. The Kier molecular flexibility index (Phi) is 7.14. The fourth-order valence-electron chi connectivity index (χ4n) is 3.74. The Morgan fingerprint density at radius 3 is 2.56 bits per heavy atom. The van der Waals surface area contributed by atoms with Gasteiger partial charge < -0.3 is 10.6 Å². The summed E-state index contributed by atoms with van der Waals surface area (Å²) in [7, 11) is -3.63. The monoisotopic (exact) mass is 431 g/mol. The van der Waals surface area contributed by atoms with Crippen LogP contribution in [0.25, 0.3) is 0 Å². The van der Waals surface area contributed by atoms with Gasteiger partial charge >= 0.3 is 0 Å². The van der Waals surface area contributed by atoms with Gasteiger partial charge in [-0.05, 0) is 31.4 Å². The van der Waals surface area contributed by atoms with Crippen LogP contribution in [-0.4, -0.2) is 37.7 Å². The number of hydrogen-bond donors (Lipinski definition) is 2. The van der Waals surface area contributed by atoms with Crippen LogP contribution in [0, 0.1) is 11.3 Å². The normalized spacial score (nSPS) is 24.4. The summed E-state index contributed by atoms with van der Waals surface area (Å²) in [5, 5.41) is 14.8. The minimum Gasteiger partial charge on any atom is -0.336 e. The smallest absolute Gasteiger partial charge is 0.238 e. The van der Waals surface area contributed by atoms with E-state index in [1.165, 1.54) is 6.07 Å². The first-order valence-corrected chi connectivity index (χ1v) is 10.8. The van der Waals surface area contributed by atoms with Gasteiger partial charge in [0, 0.05) is 6.54 Å². The molecular weight excluding hydrogens is 409 g/mol. The molecule has 148 valence electrons. The summed E-state index contributed by atoms with van der Waals surface area (Å²) in [6, 6.07) is 7.96. The van der Waals surface area contributed by atoms with Crippen LogP contribution in [0.3, 0.4) is 0 Å². The number of nitriles is 1. The second-order valence-corrected chi connectivity index (χ2v) is 9.64. The van der Waals surface area contributed by atoms with Gasteiger partial charge in [-0.3, -0.25) is 4.79 Å². The van der Waals surface area contributed by atoms with Crippen LogP contribution in [0.4, 0.5) is 0 Å². The van der Waals surface area contributed by atoms with Crippen LogP contribution in [-0.2, 0) is 14.6 Å². The Hall–Kier alpha value is -1.33. The quantitative estimate of drug-likeness (QED) is 0.762. The Labute approximate surface area is 171 Å². The van der Waals surface area contributed by atoms with Gasteiger partial charge in [0.2, 0.25) is 5.91 Å². The number of sulfone groups is 1. The molecule has 1 saturated carbocycles. The van der Waals surface area contributed by atoms with Crippen molar-refractivity contribution in [3.63, 3.8) is 0 Å². The van der Waals surface area contributed by atoms with Crippen molar-refractivity contribution in [1.82, 2.24) is 10.6 Å². The molecule has 1 aromatic rings. The molecule has 1 aliphatic carbocycles. The van der Waals surface area contributed by atoms with Crippen molar-refractivity contribution in [3.05, 3.63) is 29.3 Å². The highest BCUT2D eigenvalue weighted by atomic mass is 35.5. The Morgan fingerprint density at radius 1 is 1.26 bits per heavy atom. The lowest BCUT2D eigenvalue weighted by Gasteiger charge is -2.32. The molecule has 0 spiro atoms. The lowest BCUT2D eigenvalue weighted by molar-refractivity contribution is -0.124. The van der Waals surface area contributed by atoms with E-state index in [-0.39, 0.29) is 41.2 Å². The van der Waals surface area contributed by atoms with Gasteiger partial charge in [-0.15, -0.1) is 12.4 Å². The number of carbonyl (C=O) groups excluding carboxylic acids is 1. The van der Waals surface area contributed by atoms with E-state index in [0.29, 0.717) is 12.8 Å². The fraction of sp³-hybridized carbons (Fsp3) is 0.556. The molecule has 2 aliphatic rings. The summed E-state index contributed by atoms with van der Waals surface area (Å²) in [6.07, 6.45) is 4.34. The first-order chi connectivity index (χ1) is 12.4. The Balaban J connectivity index is 0.00000261. The first-order valence-electron chi connectivity index (χ1n) is 8.83. The predicted octanol–water partition coefficient (Wildman–Crippen LogP) is 2.61. The summed E-state index contributed by atoms with van der Waals surface area (Å²) in [5.74, 6) is -0.301. The van der Waals surface area contributed by atoms with E-state index in [9.17, 15) is 18.5 Å². The van der Waals surface area contributed by atoms with Crippen molar-refractivity contribution in [2.45, 2.75) is 60.3 Å². The zero-order valence-electron chi connectivity index (χ0n) is 14.8. The van der Waals surface area contributed by atoms with Gasteiger partial charge in [0.05, 0.1) is 27.3 Å². The standard InChI is InChI=1S/C18H22ClN3O3S.ClH/c19-14-6-2-3-7-16(14)26(24,25)13-10-15(21-11-13)17(23)22-18(12-20)8-4-1-5-9-18;/h2-3,6-7,13,15,21H,1,4-5,8-11H2,(H,22,23);1H/t13-,15+;/m1./s1. The molecule has 6 nitrogen and oxygen atoms in total. The molecule has 0 radical (unpaired) electrons. The maximum absolute atomic E-state index is 12.8. The third kappa shape index (κ3) is 4.57. The van der Waals surface area contributed by atoms with Crippen molar-refractivity contribution < 1.29 is 13.2 Å². The molecule has 1 heterocycles. The summed E-state index contributed by atoms with van der Waals surface area (Å²) < 4.78 is 25.6. The molecule has 9 heteroatoms. The number of carbonyl (C=O) groups is 1. The second-order valence-electron chi connectivity index (χ2n) is 7.04. The van der Waals surface area contributed by atoms with E-state index < -0.39 is 26.7 Å². The number of nitrogens with one attached hydrogen (secondary N) is 2. The molecule has 0 unspecified atom stereocenters. The number of rotatable bonds is 4. The number of halogens is 2. The molecule has 1 aliphatic heterocycles. The summed E-state index contributed by atoms with van der Waals surface area (Å²) >= 11 is 6.04. The molecule has 2 N–H and O–H groups in total. The van der Waals surface area contributed by atoms with Crippen LogP contribution >= 0.6 is 24.0 Å². The molecule has 27 heavy (non-hydrogen) atoms. The zero-order chi connectivity index (χ0) is 18.8. The largest absolute Gasteiger partial charge is 0.336 e. The molecule has 3 rings (SSSR count). The second kappa shape index (κ2) is 8.78. The van der Waals surface area contributed by atoms with Crippen LogP contribution in [0.1, 0.15) is 38.5 Å². The van der Waals surface area contributed by atoms with E-state index in [2.05, 4.69) is 16.7 Å². The molecule has 2 fully saturated rings. The predicted molar refractivity (Wildman–Crippen MR) is 106 cm³/mol. The molecular formula is C18H23Cl2N3O3S. The first kappa shape index (κ1) is 22.0. The van der Waals surface area contributed by atoms with E-state index >= 15 is 0 Å². The van der Waals surface area contributed by atoms with E-state index in [0.717, 1.165) is 19.3 Å². The highest BCUT2D eigenvalue weighted by Gasteiger charge is 2.41. The highest BCUT2D eigenvalue weighted by Crippen LogP contribution is 2.30. The number of benzene rings is 1. The maximum Gasteiger partial charge on any atom is 0.238 e. The van der Waals surface area contributed by atoms with Crippen LogP contribution in [0.2, 0.25) is 5.02 Å². The van der Waals surface area contributed by atoms with Crippen LogP contribution in [0.15, 0.2) is 29.2 Å². The number of amides is 1. The SMILES string of the molecule is Cl.N#CC1(NC(=O)[C@@H]2C[C@@H](S(=O)(=O)c3ccccc3Cl)CN2)CCCCC1. The fourth-order valence-corrected chi connectivity index (χ4v) is 5.92. The van der Waals surface area contributed by atoms with Gasteiger partial charge in [-0.25, -0.2) is 8.42 Å².